The highest BCUT2D eigenvalue weighted by atomic mass is 32.2. The van der Waals surface area contributed by atoms with Gasteiger partial charge in [0.15, 0.2) is 0 Å². The van der Waals surface area contributed by atoms with E-state index in [0.717, 1.165) is 6.42 Å². The van der Waals surface area contributed by atoms with Gasteiger partial charge in [-0.15, -0.1) is 0 Å². The Kier molecular flexibility index (Phi) is 4.21. The maximum absolute atomic E-state index is 12.9. The van der Waals surface area contributed by atoms with Gasteiger partial charge in [-0.3, -0.25) is 19.2 Å². The maximum Gasteiger partial charge on any atom is 0.261 e. The number of anilines is 2. The molecule has 0 aromatic heterocycles. The van der Waals surface area contributed by atoms with Gasteiger partial charge in [0, 0.05) is 6.07 Å². The first-order valence-corrected chi connectivity index (χ1v) is 11.2. The third-order valence-corrected chi connectivity index (χ3v) is 7.59. The summed E-state index contributed by atoms with van der Waals surface area (Å²) in [7, 11) is -2.33. The Balaban J connectivity index is 1.38. The van der Waals surface area contributed by atoms with Gasteiger partial charge in [0.05, 0.1) is 35.2 Å². The average Bonchev–Trinajstić information content (AvgIpc) is 3.42. The summed E-state index contributed by atoms with van der Waals surface area (Å²) in [5.41, 5.74) is 0.776. The number of imide groups is 1. The van der Waals surface area contributed by atoms with E-state index in [2.05, 4.69) is 4.72 Å². The van der Waals surface area contributed by atoms with Crippen molar-refractivity contribution in [3.8, 4) is 5.75 Å². The first-order chi connectivity index (χ1) is 14.4. The molecule has 30 heavy (non-hydrogen) atoms. The van der Waals surface area contributed by atoms with Gasteiger partial charge in [-0.05, 0) is 54.7 Å². The van der Waals surface area contributed by atoms with Crippen LogP contribution in [0.2, 0.25) is 0 Å². The third-order valence-electron chi connectivity index (χ3n) is 6.20. The number of hydrogen-bond acceptors (Lipinski definition) is 5. The number of carbonyl (C=O) groups excluding carboxylic acids is 2. The van der Waals surface area contributed by atoms with E-state index >= 15 is 0 Å². The number of rotatable bonds is 5. The van der Waals surface area contributed by atoms with E-state index in [1.807, 2.05) is 12.2 Å². The lowest BCUT2D eigenvalue weighted by molar-refractivity contribution is -0.123. The third kappa shape index (κ3) is 2.82. The van der Waals surface area contributed by atoms with Crippen LogP contribution >= 0.6 is 0 Å². The van der Waals surface area contributed by atoms with Crippen LogP contribution in [0.25, 0.3) is 0 Å². The molecule has 2 aromatic rings. The molecule has 2 aliphatic carbocycles. The van der Waals surface area contributed by atoms with Crippen molar-refractivity contribution in [3.05, 3.63) is 60.7 Å². The van der Waals surface area contributed by atoms with Crippen LogP contribution in [0.1, 0.15) is 6.42 Å². The normalized spacial score (nSPS) is 26.9. The molecule has 2 fully saturated rings. The molecule has 0 radical (unpaired) electrons. The van der Waals surface area contributed by atoms with Crippen molar-refractivity contribution in [1.82, 2.24) is 0 Å². The van der Waals surface area contributed by atoms with Crippen LogP contribution in [-0.2, 0) is 19.6 Å². The number of fused-ring (bicyclic) bond motifs is 5. The van der Waals surface area contributed by atoms with Crippen molar-refractivity contribution < 1.29 is 22.7 Å². The fourth-order valence-electron chi connectivity index (χ4n) is 4.83. The van der Waals surface area contributed by atoms with Crippen LogP contribution in [-0.4, -0.2) is 27.3 Å². The second-order valence-electron chi connectivity index (χ2n) is 7.84. The number of benzene rings is 2. The topological polar surface area (TPSA) is 92.8 Å². The van der Waals surface area contributed by atoms with E-state index in [1.165, 1.54) is 36.3 Å². The van der Waals surface area contributed by atoms with Crippen LogP contribution in [0.5, 0.6) is 5.75 Å². The Morgan fingerprint density at radius 3 is 2.20 bits per heavy atom. The van der Waals surface area contributed by atoms with E-state index in [1.54, 1.807) is 24.3 Å². The number of hydrogen-bond donors (Lipinski definition) is 1. The molecule has 154 valence electrons. The lowest BCUT2D eigenvalue weighted by atomic mass is 9.85. The number of methoxy groups -OCH3 is 1. The zero-order valence-corrected chi connectivity index (χ0v) is 17.0. The molecule has 1 N–H and O–H groups in total. The highest BCUT2D eigenvalue weighted by Crippen LogP contribution is 2.53. The van der Waals surface area contributed by atoms with Crippen molar-refractivity contribution >= 4 is 33.2 Å². The second-order valence-corrected chi connectivity index (χ2v) is 9.53. The van der Waals surface area contributed by atoms with Crippen molar-refractivity contribution in [2.45, 2.75) is 11.3 Å². The summed E-state index contributed by atoms with van der Waals surface area (Å²) in [6.45, 7) is 0. The first-order valence-electron chi connectivity index (χ1n) is 9.72. The fourth-order valence-corrected chi connectivity index (χ4v) is 5.88. The highest BCUT2D eigenvalue weighted by Gasteiger charge is 2.59. The Morgan fingerprint density at radius 1 is 0.967 bits per heavy atom. The summed E-state index contributed by atoms with van der Waals surface area (Å²) in [6, 6.07) is 12.4. The van der Waals surface area contributed by atoms with E-state index < -0.39 is 10.0 Å². The molecule has 8 heteroatoms. The minimum absolute atomic E-state index is 0.0371. The largest absolute Gasteiger partial charge is 0.497 e. The maximum atomic E-state index is 12.9. The van der Waals surface area contributed by atoms with Crippen molar-refractivity contribution in [2.24, 2.45) is 23.7 Å². The van der Waals surface area contributed by atoms with Crippen molar-refractivity contribution in [2.75, 3.05) is 16.7 Å². The molecule has 2 amide bonds. The number of amides is 2. The van der Waals surface area contributed by atoms with Gasteiger partial charge in [0.2, 0.25) is 11.8 Å². The van der Waals surface area contributed by atoms with Crippen LogP contribution < -0.4 is 14.4 Å². The number of nitrogens with zero attached hydrogens (tertiary/aromatic N) is 1. The molecular weight excluding hydrogens is 404 g/mol. The standard InChI is InChI=1S/C22H20N2O5S/c1-29-17-4-2-3-15(12-17)23-30(27,28)18-9-7-16(8-10-18)24-21(25)19-13-5-6-14(11-13)20(19)22(24)26/h2-10,12-14,19-20,23H,11H2,1H3/t13-,14+,19?,20?. The number of ether oxygens (including phenoxy) is 1. The summed E-state index contributed by atoms with van der Waals surface area (Å²) in [5, 5.41) is 0. The van der Waals surface area contributed by atoms with E-state index in [9.17, 15) is 18.0 Å². The number of sulfonamides is 1. The molecular formula is C22H20N2O5S. The smallest absolute Gasteiger partial charge is 0.261 e. The monoisotopic (exact) mass is 424 g/mol. The lowest BCUT2D eigenvalue weighted by Crippen LogP contribution is -2.32. The molecule has 2 unspecified atom stereocenters. The molecule has 0 spiro atoms. The van der Waals surface area contributed by atoms with Gasteiger partial charge >= 0.3 is 0 Å². The van der Waals surface area contributed by atoms with E-state index in [4.69, 9.17) is 4.74 Å². The van der Waals surface area contributed by atoms with Gasteiger partial charge in [-0.2, -0.15) is 0 Å². The predicted molar refractivity (Wildman–Crippen MR) is 110 cm³/mol. The summed E-state index contributed by atoms with van der Waals surface area (Å²) in [4.78, 5) is 27.1. The summed E-state index contributed by atoms with van der Waals surface area (Å²) in [5.74, 6) is -0.151. The fraction of sp³-hybridized carbons (Fsp3) is 0.273. The molecule has 7 nitrogen and oxygen atoms in total. The van der Waals surface area contributed by atoms with Crippen molar-refractivity contribution in [3.63, 3.8) is 0 Å². The van der Waals surface area contributed by atoms with Gasteiger partial charge in [0.1, 0.15) is 5.75 Å². The van der Waals surface area contributed by atoms with Gasteiger partial charge in [0.25, 0.3) is 10.0 Å². The molecule has 1 saturated heterocycles. The average molecular weight is 424 g/mol. The second kappa shape index (κ2) is 6.70. The van der Waals surface area contributed by atoms with Gasteiger partial charge in [-0.1, -0.05) is 18.2 Å². The number of allylic oxidation sites excluding steroid dienone is 2. The van der Waals surface area contributed by atoms with Crippen molar-refractivity contribution in [1.29, 1.82) is 0 Å². The van der Waals surface area contributed by atoms with Crippen LogP contribution in [0, 0.1) is 23.7 Å². The molecule has 2 aromatic carbocycles. The molecule has 1 saturated carbocycles. The summed E-state index contributed by atoms with van der Waals surface area (Å²) in [6.07, 6.45) is 4.95. The summed E-state index contributed by atoms with van der Waals surface area (Å²) < 4.78 is 33.0. The molecule has 1 heterocycles. The highest BCUT2D eigenvalue weighted by molar-refractivity contribution is 7.92. The van der Waals surface area contributed by atoms with E-state index in [-0.39, 0.29) is 40.4 Å². The Labute approximate surface area is 174 Å². The minimum atomic E-state index is -3.83. The number of carbonyl (C=O) groups is 2. The minimum Gasteiger partial charge on any atom is -0.497 e. The number of nitrogens with one attached hydrogen (secondary N) is 1. The van der Waals surface area contributed by atoms with Crippen LogP contribution in [0.4, 0.5) is 11.4 Å². The molecule has 2 bridgehead atoms. The zero-order chi connectivity index (χ0) is 21.0. The first kappa shape index (κ1) is 18.9. The van der Waals surface area contributed by atoms with Gasteiger partial charge in [-0.25, -0.2) is 8.42 Å². The quantitative estimate of drug-likeness (QED) is 0.589. The lowest BCUT2D eigenvalue weighted by Gasteiger charge is -2.17. The molecule has 3 aliphatic rings. The zero-order valence-electron chi connectivity index (χ0n) is 16.2. The predicted octanol–water partition coefficient (Wildman–Crippen LogP) is 2.81. The Hall–Kier alpha value is -3.13. The van der Waals surface area contributed by atoms with Crippen LogP contribution in [0.3, 0.4) is 0 Å². The molecule has 1 aliphatic heterocycles. The molecule has 4 atom stereocenters. The van der Waals surface area contributed by atoms with Gasteiger partial charge < -0.3 is 4.74 Å². The Morgan fingerprint density at radius 2 is 1.60 bits per heavy atom. The molecule has 5 rings (SSSR count). The van der Waals surface area contributed by atoms with E-state index in [0.29, 0.717) is 17.1 Å². The SMILES string of the molecule is COc1cccc(NS(=O)(=O)c2ccc(N3C(=O)C4C(C3=O)[C@H]3C=C[C@@H]4C3)cc2)c1. The Bertz CT molecular complexity index is 1140. The summed E-state index contributed by atoms with van der Waals surface area (Å²) >= 11 is 0. The van der Waals surface area contributed by atoms with Crippen LogP contribution in [0.15, 0.2) is 65.6 Å².